The highest BCUT2D eigenvalue weighted by atomic mass is 32.1. The molecule has 2 aliphatic rings. The summed E-state index contributed by atoms with van der Waals surface area (Å²) in [7, 11) is 0. The van der Waals surface area contributed by atoms with E-state index in [9.17, 15) is 43.0 Å². The number of thiazole rings is 1. The topological polar surface area (TPSA) is 209 Å². The molecular formula is C49H58F2N8O7S. The second-order valence-electron chi connectivity index (χ2n) is 18.5. The number of aryl methyl sites for hydroxylation is 1. The Bertz CT molecular complexity index is 2590. The van der Waals surface area contributed by atoms with Gasteiger partial charge in [0.1, 0.15) is 29.4 Å². The molecule has 5 amide bonds. The number of anilines is 1. The van der Waals surface area contributed by atoms with Crippen molar-refractivity contribution in [2.45, 2.75) is 110 Å². The van der Waals surface area contributed by atoms with E-state index in [2.05, 4.69) is 31.2 Å². The second kappa shape index (κ2) is 20.7. The number of hydrogen-bond donors (Lipinski definition) is 7. The zero-order chi connectivity index (χ0) is 48.0. The van der Waals surface area contributed by atoms with Gasteiger partial charge in [-0.05, 0) is 91.1 Å². The number of hydrogen-bond acceptors (Lipinski definition) is 10. The van der Waals surface area contributed by atoms with E-state index in [4.69, 9.17) is 0 Å². The Balaban J connectivity index is 0.833. The molecule has 5 aromatic rings. The van der Waals surface area contributed by atoms with Crippen LogP contribution in [-0.4, -0.2) is 98.2 Å². The first-order valence-corrected chi connectivity index (χ1v) is 23.5. The van der Waals surface area contributed by atoms with Crippen LogP contribution in [0.3, 0.4) is 0 Å². The van der Waals surface area contributed by atoms with E-state index >= 15 is 0 Å². The van der Waals surface area contributed by atoms with Crippen LogP contribution < -0.4 is 26.2 Å². The number of rotatable bonds is 17. The summed E-state index contributed by atoms with van der Waals surface area (Å²) in [5, 5.41) is 34.2. The van der Waals surface area contributed by atoms with Crippen LogP contribution in [0.1, 0.15) is 93.0 Å². The number of halogens is 2. The maximum atomic E-state index is 14.0. The Morgan fingerprint density at radius 3 is 2.34 bits per heavy atom. The van der Waals surface area contributed by atoms with Crippen LogP contribution in [-0.2, 0) is 32.3 Å². The molecule has 15 nitrogen and oxygen atoms in total. The summed E-state index contributed by atoms with van der Waals surface area (Å²) in [4.78, 5) is 78.2. The first-order chi connectivity index (χ1) is 31.9. The van der Waals surface area contributed by atoms with Gasteiger partial charge in [-0.15, -0.1) is 11.3 Å². The van der Waals surface area contributed by atoms with Crippen LogP contribution in [0, 0.1) is 24.0 Å². The molecule has 0 bridgehead atoms. The number of carbonyl (C=O) groups is 5. The summed E-state index contributed by atoms with van der Waals surface area (Å²) in [5.41, 5.74) is 3.63. The van der Waals surface area contributed by atoms with Crippen molar-refractivity contribution in [3.8, 4) is 10.4 Å². The summed E-state index contributed by atoms with van der Waals surface area (Å²) in [6.45, 7) is 8.63. The predicted molar refractivity (Wildman–Crippen MR) is 250 cm³/mol. The number of nitrogens with one attached hydrogen (secondary N) is 5. The number of H-pyrrole nitrogens is 1. The summed E-state index contributed by atoms with van der Waals surface area (Å²) in [5.74, 6) is -3.59. The third-order valence-electron chi connectivity index (χ3n) is 12.5. The molecule has 7 rings (SSSR count). The van der Waals surface area contributed by atoms with E-state index in [0.29, 0.717) is 80.1 Å². The third kappa shape index (κ3) is 11.5. The highest BCUT2D eigenvalue weighted by Gasteiger charge is 2.51. The van der Waals surface area contributed by atoms with Crippen LogP contribution in [0.25, 0.3) is 21.3 Å². The molecular weight excluding hydrogens is 883 g/mol. The first-order valence-electron chi connectivity index (χ1n) is 22.6. The van der Waals surface area contributed by atoms with Gasteiger partial charge in [-0.2, -0.15) is 0 Å². The Morgan fingerprint density at radius 1 is 0.910 bits per heavy atom. The van der Waals surface area contributed by atoms with Gasteiger partial charge in [-0.1, -0.05) is 51.5 Å². The minimum atomic E-state index is -2.18. The number of nitrogens with zero attached hydrogens (tertiary/aromatic N) is 3. The number of carbonyl (C=O) groups excluding carboxylic acids is 5. The fraction of sp³-hybridized carbons (Fsp3) is 0.429. The molecule has 356 valence electrons. The van der Waals surface area contributed by atoms with Crippen LogP contribution in [0.5, 0.6) is 0 Å². The number of aromatic nitrogens is 2. The molecule has 0 spiro atoms. The van der Waals surface area contributed by atoms with Gasteiger partial charge >= 0.3 is 0 Å². The number of aliphatic hydroxyl groups excluding tert-OH is 1. The van der Waals surface area contributed by atoms with Crippen molar-refractivity contribution >= 4 is 57.5 Å². The van der Waals surface area contributed by atoms with Crippen LogP contribution in [0.15, 0.2) is 72.2 Å². The van der Waals surface area contributed by atoms with Gasteiger partial charge in [0, 0.05) is 68.2 Å². The van der Waals surface area contributed by atoms with E-state index in [1.54, 1.807) is 40.5 Å². The van der Waals surface area contributed by atoms with Gasteiger partial charge in [0.15, 0.2) is 11.8 Å². The average Bonchev–Trinajstić information content (AvgIpc) is 4.11. The minimum Gasteiger partial charge on any atom is -0.376 e. The fourth-order valence-corrected chi connectivity index (χ4v) is 9.48. The standard InChI is InChI=1S/C49H58F2N8O7S/c1-29-41(67-28-55-29)32-13-11-30(12-14-32)26-53-44(62)39-9-8-19-59(39)45(63)42(48(2,3)4)57-40(60)10-6-5-7-18-52-43(61)38-24-33-23-36(15-16-37(33)56-38)58-20-17-49(66,47(58)65)46(64)54-27-31-21-34(50)25-35(51)22-31/h11-16,21-25,28,39,42,47,56,65-66H,5-10,17-20,26-27H2,1-4H3,(H,52,61)(H,53,62)(H,54,64)(H,57,60)/t39-,42+,47?,49+/m0/s1. The lowest BCUT2D eigenvalue weighted by atomic mass is 9.85. The van der Waals surface area contributed by atoms with Gasteiger partial charge in [-0.25, -0.2) is 13.8 Å². The third-order valence-corrected chi connectivity index (χ3v) is 13.4. The molecule has 2 aromatic heterocycles. The van der Waals surface area contributed by atoms with E-state index < -0.39 is 46.9 Å². The summed E-state index contributed by atoms with van der Waals surface area (Å²) < 4.78 is 27.2. The molecule has 3 aromatic carbocycles. The Morgan fingerprint density at radius 2 is 1.64 bits per heavy atom. The molecule has 0 radical (unpaired) electrons. The molecule has 18 heteroatoms. The summed E-state index contributed by atoms with van der Waals surface area (Å²) >= 11 is 1.58. The van der Waals surface area contributed by atoms with Crippen LogP contribution >= 0.6 is 11.3 Å². The molecule has 4 heterocycles. The zero-order valence-corrected chi connectivity index (χ0v) is 38.9. The number of fused-ring (bicyclic) bond motifs is 1. The molecule has 67 heavy (non-hydrogen) atoms. The van der Waals surface area contributed by atoms with Gasteiger partial charge < -0.3 is 46.3 Å². The van der Waals surface area contributed by atoms with Crippen LogP contribution in [0.2, 0.25) is 0 Å². The Kier molecular flexibility index (Phi) is 15.1. The molecule has 2 fully saturated rings. The highest BCUT2D eigenvalue weighted by molar-refractivity contribution is 7.13. The molecule has 2 saturated heterocycles. The SMILES string of the molecule is Cc1ncsc1-c1ccc(CNC(=O)[C@@H]2CCCN2C(=O)[C@@H](NC(=O)CCCCCNC(=O)c2cc3cc(N4CC[C@@](O)(C(=O)NCc5cc(F)cc(F)c5)C4O)ccc3[nH]2)C(C)(C)C)cc1. The van der Waals surface area contributed by atoms with Crippen molar-refractivity contribution in [1.82, 2.24) is 36.1 Å². The predicted octanol–water partition coefficient (Wildman–Crippen LogP) is 5.58. The zero-order valence-electron chi connectivity index (χ0n) is 38.1. The molecule has 0 aliphatic carbocycles. The first kappa shape index (κ1) is 48.7. The normalized spacial score (nSPS) is 18.8. The smallest absolute Gasteiger partial charge is 0.267 e. The lowest BCUT2D eigenvalue weighted by Gasteiger charge is -2.35. The van der Waals surface area contributed by atoms with Crippen molar-refractivity contribution in [3.63, 3.8) is 0 Å². The van der Waals surface area contributed by atoms with Gasteiger partial charge in [0.05, 0.1) is 16.1 Å². The summed E-state index contributed by atoms with van der Waals surface area (Å²) in [6.07, 6.45) is 1.47. The number of likely N-dealkylation sites (tertiary alicyclic amines) is 1. The van der Waals surface area contributed by atoms with E-state index in [1.807, 2.05) is 57.5 Å². The number of amides is 5. The Hall–Kier alpha value is -6.24. The number of aromatic amines is 1. The number of unbranched alkanes of at least 4 members (excludes halogenated alkanes) is 2. The van der Waals surface area contributed by atoms with E-state index in [-0.39, 0.29) is 55.1 Å². The van der Waals surface area contributed by atoms with Gasteiger partial charge in [-0.3, -0.25) is 24.0 Å². The molecule has 0 saturated carbocycles. The van der Waals surface area contributed by atoms with Gasteiger partial charge in [0.2, 0.25) is 17.7 Å². The number of benzene rings is 3. The maximum Gasteiger partial charge on any atom is 0.267 e. The van der Waals surface area contributed by atoms with E-state index in [0.717, 1.165) is 33.8 Å². The van der Waals surface area contributed by atoms with E-state index in [1.165, 1.54) is 4.90 Å². The molecule has 7 N–H and O–H groups in total. The summed E-state index contributed by atoms with van der Waals surface area (Å²) in [6, 6.07) is 16.2. The number of aliphatic hydroxyl groups is 2. The quantitative estimate of drug-likeness (QED) is 0.0580. The van der Waals surface area contributed by atoms with Gasteiger partial charge in [0.25, 0.3) is 11.8 Å². The molecule has 1 unspecified atom stereocenters. The van der Waals surface area contributed by atoms with Crippen molar-refractivity contribution in [3.05, 3.63) is 106 Å². The second-order valence-corrected chi connectivity index (χ2v) is 19.3. The molecule has 2 aliphatic heterocycles. The fourth-order valence-electron chi connectivity index (χ4n) is 8.67. The minimum absolute atomic E-state index is 0.105. The maximum absolute atomic E-state index is 14.0. The average molecular weight is 941 g/mol. The van der Waals surface area contributed by atoms with Crippen LogP contribution in [0.4, 0.5) is 14.5 Å². The van der Waals surface area contributed by atoms with Crippen molar-refractivity contribution < 1.29 is 43.0 Å². The lowest BCUT2D eigenvalue weighted by Crippen LogP contribution is -2.57. The Labute approximate surface area is 391 Å². The molecule has 4 atom stereocenters. The van der Waals surface area contributed by atoms with Crippen molar-refractivity contribution in [1.29, 1.82) is 0 Å². The monoisotopic (exact) mass is 940 g/mol. The largest absolute Gasteiger partial charge is 0.376 e. The van der Waals surface area contributed by atoms with Crippen molar-refractivity contribution in [2.24, 2.45) is 5.41 Å². The lowest BCUT2D eigenvalue weighted by molar-refractivity contribution is -0.148. The van der Waals surface area contributed by atoms with Crippen molar-refractivity contribution in [2.75, 3.05) is 24.5 Å². The highest BCUT2D eigenvalue weighted by Crippen LogP contribution is 2.34.